The Hall–Kier alpha value is -3.36. The van der Waals surface area contributed by atoms with E-state index in [4.69, 9.17) is 16.3 Å². The van der Waals surface area contributed by atoms with Crippen molar-refractivity contribution in [1.82, 2.24) is 14.8 Å². The monoisotopic (exact) mass is 466 g/mol. The third-order valence-electron chi connectivity index (χ3n) is 4.66. The third-order valence-corrected chi connectivity index (χ3v) is 5.91. The summed E-state index contributed by atoms with van der Waals surface area (Å²) in [7, 11) is 0. The maximum absolute atomic E-state index is 10.9. The molecule has 1 aromatic heterocycles. The SMILES string of the molecule is CCOc1ccc(-n2c(SCc3ccc([N+](=O)[O-])cc3)nnc2-c2ccc(Cl)cc2)cc1. The van der Waals surface area contributed by atoms with Crippen LogP contribution in [-0.4, -0.2) is 26.3 Å². The minimum absolute atomic E-state index is 0.0707. The van der Waals surface area contributed by atoms with Crippen LogP contribution in [-0.2, 0) is 5.75 Å². The van der Waals surface area contributed by atoms with Gasteiger partial charge in [-0.05, 0) is 61.0 Å². The van der Waals surface area contributed by atoms with E-state index >= 15 is 0 Å². The van der Waals surface area contributed by atoms with E-state index in [0.717, 1.165) is 22.6 Å². The van der Waals surface area contributed by atoms with Crippen molar-refractivity contribution in [2.75, 3.05) is 6.61 Å². The first-order chi connectivity index (χ1) is 15.5. The molecule has 0 bridgehead atoms. The Labute approximate surface area is 194 Å². The van der Waals surface area contributed by atoms with E-state index in [0.29, 0.717) is 28.4 Å². The Bertz CT molecular complexity index is 1210. The fourth-order valence-electron chi connectivity index (χ4n) is 3.10. The molecule has 0 fully saturated rings. The summed E-state index contributed by atoms with van der Waals surface area (Å²) in [6, 6.07) is 21.7. The molecule has 4 rings (SSSR count). The summed E-state index contributed by atoms with van der Waals surface area (Å²) >= 11 is 7.56. The predicted octanol–water partition coefficient (Wildman–Crippen LogP) is 6.19. The fraction of sp³-hybridized carbons (Fsp3) is 0.130. The molecular weight excluding hydrogens is 448 g/mol. The molecule has 0 spiro atoms. The van der Waals surface area contributed by atoms with Crippen LogP contribution in [0.5, 0.6) is 5.75 Å². The van der Waals surface area contributed by atoms with Crippen molar-refractivity contribution in [3.63, 3.8) is 0 Å². The van der Waals surface area contributed by atoms with Crippen molar-refractivity contribution in [2.24, 2.45) is 0 Å². The minimum atomic E-state index is -0.405. The van der Waals surface area contributed by atoms with Crippen LogP contribution in [0.1, 0.15) is 12.5 Å². The molecule has 0 N–H and O–H groups in total. The second kappa shape index (κ2) is 9.84. The Kier molecular flexibility index (Phi) is 6.72. The molecule has 162 valence electrons. The molecule has 0 saturated heterocycles. The van der Waals surface area contributed by atoms with E-state index in [1.807, 2.05) is 60.0 Å². The maximum atomic E-state index is 10.9. The summed E-state index contributed by atoms with van der Waals surface area (Å²) in [5.41, 5.74) is 2.81. The molecule has 7 nitrogen and oxygen atoms in total. The summed E-state index contributed by atoms with van der Waals surface area (Å²) in [5, 5.41) is 21.1. The zero-order valence-electron chi connectivity index (χ0n) is 17.1. The van der Waals surface area contributed by atoms with Crippen LogP contribution in [0, 0.1) is 10.1 Å². The lowest BCUT2D eigenvalue weighted by Gasteiger charge is -2.11. The topological polar surface area (TPSA) is 83.1 Å². The molecule has 0 amide bonds. The number of hydrogen-bond donors (Lipinski definition) is 0. The number of thioether (sulfide) groups is 1. The zero-order chi connectivity index (χ0) is 22.5. The molecule has 32 heavy (non-hydrogen) atoms. The molecule has 0 aliphatic rings. The lowest BCUT2D eigenvalue weighted by Crippen LogP contribution is -2.00. The highest BCUT2D eigenvalue weighted by molar-refractivity contribution is 7.98. The molecule has 3 aromatic carbocycles. The molecule has 1 heterocycles. The van der Waals surface area contributed by atoms with Gasteiger partial charge in [0.05, 0.1) is 11.5 Å². The fourth-order valence-corrected chi connectivity index (χ4v) is 4.14. The number of nitrogens with zero attached hydrogens (tertiary/aromatic N) is 4. The predicted molar refractivity (Wildman–Crippen MR) is 126 cm³/mol. The molecule has 0 radical (unpaired) electrons. The van der Waals surface area contributed by atoms with Crippen molar-refractivity contribution >= 4 is 29.1 Å². The van der Waals surface area contributed by atoms with Crippen LogP contribution >= 0.6 is 23.4 Å². The maximum Gasteiger partial charge on any atom is 0.269 e. The molecule has 0 atom stereocenters. The van der Waals surface area contributed by atoms with Crippen LogP contribution in [0.15, 0.2) is 78.0 Å². The number of aromatic nitrogens is 3. The largest absolute Gasteiger partial charge is 0.494 e. The van der Waals surface area contributed by atoms with E-state index in [2.05, 4.69) is 10.2 Å². The van der Waals surface area contributed by atoms with Crippen LogP contribution in [0.2, 0.25) is 5.02 Å². The number of halogens is 1. The number of ether oxygens (including phenoxy) is 1. The highest BCUT2D eigenvalue weighted by Crippen LogP contribution is 2.31. The standard InChI is InChI=1S/C23H19ClN4O3S/c1-2-31-21-13-11-19(12-14-21)27-22(17-5-7-18(24)8-6-17)25-26-23(27)32-15-16-3-9-20(10-4-16)28(29)30/h3-14H,2,15H2,1H3. The van der Waals surface area contributed by atoms with Gasteiger partial charge in [-0.15, -0.1) is 10.2 Å². The summed E-state index contributed by atoms with van der Waals surface area (Å²) in [6.07, 6.45) is 0. The summed E-state index contributed by atoms with van der Waals surface area (Å²) < 4.78 is 7.54. The lowest BCUT2D eigenvalue weighted by atomic mass is 10.2. The quantitative estimate of drug-likeness (QED) is 0.175. The van der Waals surface area contributed by atoms with Crippen LogP contribution in [0.4, 0.5) is 5.69 Å². The second-order valence-corrected chi connectivity index (χ2v) is 8.17. The van der Waals surface area contributed by atoms with Gasteiger partial charge in [0.1, 0.15) is 5.75 Å². The Balaban J connectivity index is 1.66. The number of nitro benzene ring substituents is 1. The van der Waals surface area contributed by atoms with Gasteiger partial charge in [-0.3, -0.25) is 14.7 Å². The van der Waals surface area contributed by atoms with Crippen molar-refractivity contribution in [3.8, 4) is 22.8 Å². The van der Waals surface area contributed by atoms with Gasteiger partial charge in [0.2, 0.25) is 0 Å². The van der Waals surface area contributed by atoms with E-state index in [9.17, 15) is 10.1 Å². The first-order valence-electron chi connectivity index (χ1n) is 9.86. The Morgan fingerprint density at radius 2 is 1.69 bits per heavy atom. The molecule has 0 aliphatic heterocycles. The molecule has 9 heteroatoms. The summed E-state index contributed by atoms with van der Waals surface area (Å²) in [6.45, 7) is 2.54. The van der Waals surface area contributed by atoms with Gasteiger partial charge >= 0.3 is 0 Å². The average Bonchev–Trinajstić information content (AvgIpc) is 3.23. The average molecular weight is 467 g/mol. The van der Waals surface area contributed by atoms with E-state index < -0.39 is 4.92 Å². The van der Waals surface area contributed by atoms with Crippen LogP contribution < -0.4 is 4.74 Å². The summed E-state index contributed by atoms with van der Waals surface area (Å²) in [4.78, 5) is 10.5. The number of hydrogen-bond acceptors (Lipinski definition) is 6. The molecule has 4 aromatic rings. The number of benzene rings is 3. The zero-order valence-corrected chi connectivity index (χ0v) is 18.7. The first-order valence-corrected chi connectivity index (χ1v) is 11.2. The van der Waals surface area contributed by atoms with Crippen LogP contribution in [0.25, 0.3) is 17.1 Å². The van der Waals surface area contributed by atoms with Gasteiger partial charge < -0.3 is 4.74 Å². The molecular formula is C23H19ClN4O3S. The highest BCUT2D eigenvalue weighted by Gasteiger charge is 2.17. The van der Waals surface area contributed by atoms with Crippen molar-refractivity contribution in [2.45, 2.75) is 17.8 Å². The summed E-state index contributed by atoms with van der Waals surface area (Å²) in [5.74, 6) is 2.07. The van der Waals surface area contributed by atoms with E-state index in [-0.39, 0.29) is 5.69 Å². The lowest BCUT2D eigenvalue weighted by molar-refractivity contribution is -0.384. The molecule has 0 saturated carbocycles. The minimum Gasteiger partial charge on any atom is -0.494 e. The van der Waals surface area contributed by atoms with Gasteiger partial charge in [-0.2, -0.15) is 0 Å². The van der Waals surface area contributed by atoms with Crippen LogP contribution in [0.3, 0.4) is 0 Å². The first kappa shape index (κ1) is 21.9. The molecule has 0 aliphatic carbocycles. The van der Waals surface area contributed by atoms with Crippen molar-refractivity contribution in [3.05, 3.63) is 93.5 Å². The van der Waals surface area contributed by atoms with Crippen molar-refractivity contribution in [1.29, 1.82) is 0 Å². The van der Waals surface area contributed by atoms with E-state index in [1.165, 1.54) is 23.9 Å². The Morgan fingerprint density at radius 1 is 1.00 bits per heavy atom. The second-order valence-electron chi connectivity index (χ2n) is 6.79. The van der Waals surface area contributed by atoms with Crippen molar-refractivity contribution < 1.29 is 9.66 Å². The van der Waals surface area contributed by atoms with Gasteiger partial charge in [-0.25, -0.2) is 0 Å². The van der Waals surface area contributed by atoms with Gasteiger partial charge in [0.15, 0.2) is 11.0 Å². The number of nitro groups is 1. The smallest absolute Gasteiger partial charge is 0.269 e. The van der Waals surface area contributed by atoms with Gasteiger partial charge in [0, 0.05) is 34.2 Å². The normalized spacial score (nSPS) is 10.8. The van der Waals surface area contributed by atoms with E-state index in [1.54, 1.807) is 12.1 Å². The number of non-ortho nitro benzene ring substituents is 1. The molecule has 0 unspecified atom stereocenters. The van der Waals surface area contributed by atoms with Gasteiger partial charge in [-0.1, -0.05) is 35.5 Å². The number of rotatable bonds is 8. The van der Waals surface area contributed by atoms with Gasteiger partial charge in [0.25, 0.3) is 5.69 Å². The Morgan fingerprint density at radius 3 is 2.31 bits per heavy atom. The highest BCUT2D eigenvalue weighted by atomic mass is 35.5. The third kappa shape index (κ3) is 4.92.